The molecular formula is C26H43NO. The van der Waals surface area contributed by atoms with Gasteiger partial charge in [-0.05, 0) is 55.6 Å². The van der Waals surface area contributed by atoms with Gasteiger partial charge in [-0.1, -0.05) is 84.0 Å². The number of rotatable bonds is 10. The van der Waals surface area contributed by atoms with Crippen molar-refractivity contribution < 1.29 is 4.74 Å². The van der Waals surface area contributed by atoms with E-state index >= 15 is 0 Å². The van der Waals surface area contributed by atoms with Gasteiger partial charge in [-0.25, -0.2) is 0 Å². The summed E-state index contributed by atoms with van der Waals surface area (Å²) >= 11 is 0. The van der Waals surface area contributed by atoms with Gasteiger partial charge in [0, 0.05) is 5.69 Å². The van der Waals surface area contributed by atoms with Crippen LogP contribution in [0.4, 0.5) is 0 Å². The first kappa shape index (κ1) is 21.7. The normalized spacial score (nSPS) is 28.2. The van der Waals surface area contributed by atoms with E-state index in [-0.39, 0.29) is 0 Å². The van der Waals surface area contributed by atoms with Crippen molar-refractivity contribution in [3.05, 3.63) is 24.0 Å². The molecule has 2 saturated carbocycles. The molecule has 0 aromatic carbocycles. The van der Waals surface area contributed by atoms with Gasteiger partial charge >= 0.3 is 0 Å². The SMILES string of the molecule is CCC[C@H]1CC[C@H](CC[C@H]2CC[C@H](CCc3ccc(OCC)cn3)CC2)CC1. The molecular weight excluding hydrogens is 342 g/mol. The van der Waals surface area contributed by atoms with Crippen molar-refractivity contribution in [2.75, 3.05) is 6.61 Å². The van der Waals surface area contributed by atoms with Crippen LogP contribution in [0.1, 0.15) is 103 Å². The van der Waals surface area contributed by atoms with Gasteiger partial charge in [0.1, 0.15) is 5.75 Å². The zero-order chi connectivity index (χ0) is 19.6. The van der Waals surface area contributed by atoms with Crippen LogP contribution in [0.2, 0.25) is 0 Å². The van der Waals surface area contributed by atoms with Gasteiger partial charge in [-0.15, -0.1) is 0 Å². The third-order valence-electron chi connectivity index (χ3n) is 7.53. The first-order chi connectivity index (χ1) is 13.8. The molecule has 1 aromatic heterocycles. The van der Waals surface area contributed by atoms with Crippen molar-refractivity contribution in [2.45, 2.75) is 104 Å². The molecule has 2 aliphatic carbocycles. The van der Waals surface area contributed by atoms with Gasteiger partial charge in [-0.2, -0.15) is 0 Å². The molecule has 28 heavy (non-hydrogen) atoms. The van der Waals surface area contributed by atoms with Crippen LogP contribution in [-0.2, 0) is 6.42 Å². The van der Waals surface area contributed by atoms with Gasteiger partial charge in [0.2, 0.25) is 0 Å². The molecule has 0 N–H and O–H groups in total. The Balaban J connectivity index is 1.27. The Labute approximate surface area is 173 Å². The summed E-state index contributed by atoms with van der Waals surface area (Å²) in [7, 11) is 0. The molecule has 0 spiro atoms. The summed E-state index contributed by atoms with van der Waals surface area (Å²) in [5.74, 6) is 4.95. The molecule has 2 heteroatoms. The highest BCUT2D eigenvalue weighted by atomic mass is 16.5. The first-order valence-electron chi connectivity index (χ1n) is 12.3. The molecule has 3 rings (SSSR count). The Hall–Kier alpha value is -1.05. The maximum absolute atomic E-state index is 5.49. The van der Waals surface area contributed by atoms with Gasteiger partial charge < -0.3 is 4.74 Å². The van der Waals surface area contributed by atoms with Gasteiger partial charge in [0.25, 0.3) is 0 Å². The summed E-state index contributed by atoms with van der Waals surface area (Å²) in [5.41, 5.74) is 1.23. The number of aromatic nitrogens is 1. The fourth-order valence-corrected chi connectivity index (χ4v) is 5.66. The lowest BCUT2D eigenvalue weighted by molar-refractivity contribution is 0.209. The first-order valence-corrected chi connectivity index (χ1v) is 12.3. The second-order valence-electron chi connectivity index (χ2n) is 9.60. The number of nitrogens with zero attached hydrogens (tertiary/aromatic N) is 1. The number of aryl methyl sites for hydroxylation is 1. The Morgan fingerprint density at radius 3 is 1.75 bits per heavy atom. The average Bonchev–Trinajstić information content (AvgIpc) is 2.74. The van der Waals surface area contributed by atoms with Crippen molar-refractivity contribution in [1.29, 1.82) is 0 Å². The predicted octanol–water partition coefficient (Wildman–Crippen LogP) is 7.61. The lowest BCUT2D eigenvalue weighted by Crippen LogP contribution is -2.18. The highest BCUT2D eigenvalue weighted by Crippen LogP contribution is 2.38. The predicted molar refractivity (Wildman–Crippen MR) is 119 cm³/mol. The molecule has 0 radical (unpaired) electrons. The lowest BCUT2D eigenvalue weighted by atomic mass is 9.74. The molecule has 0 amide bonds. The largest absolute Gasteiger partial charge is 0.492 e. The van der Waals surface area contributed by atoms with Crippen LogP contribution < -0.4 is 4.74 Å². The van der Waals surface area contributed by atoms with Crippen LogP contribution in [0.25, 0.3) is 0 Å². The maximum atomic E-state index is 5.49. The summed E-state index contributed by atoms with van der Waals surface area (Å²) in [5, 5.41) is 0. The van der Waals surface area contributed by atoms with Crippen molar-refractivity contribution in [3.63, 3.8) is 0 Å². The fourth-order valence-electron chi connectivity index (χ4n) is 5.66. The molecule has 2 aliphatic rings. The number of ether oxygens (including phenoxy) is 1. The summed E-state index contributed by atoms with van der Waals surface area (Å²) in [4.78, 5) is 4.57. The summed E-state index contributed by atoms with van der Waals surface area (Å²) < 4.78 is 5.49. The summed E-state index contributed by atoms with van der Waals surface area (Å²) in [6.45, 7) is 5.07. The van der Waals surface area contributed by atoms with Gasteiger partial charge in [0.05, 0.1) is 12.8 Å². The van der Waals surface area contributed by atoms with Crippen LogP contribution in [0.15, 0.2) is 18.3 Å². The van der Waals surface area contributed by atoms with E-state index in [4.69, 9.17) is 4.74 Å². The highest BCUT2D eigenvalue weighted by Gasteiger charge is 2.24. The van der Waals surface area contributed by atoms with Crippen LogP contribution >= 0.6 is 0 Å². The molecule has 2 nitrogen and oxygen atoms in total. The molecule has 0 atom stereocenters. The molecule has 0 unspecified atom stereocenters. The van der Waals surface area contributed by atoms with E-state index < -0.39 is 0 Å². The van der Waals surface area contributed by atoms with Gasteiger partial charge in [0.15, 0.2) is 0 Å². The van der Waals surface area contributed by atoms with Crippen LogP contribution in [0.5, 0.6) is 5.75 Å². The maximum Gasteiger partial charge on any atom is 0.137 e. The summed E-state index contributed by atoms with van der Waals surface area (Å²) in [6, 6.07) is 4.21. The smallest absolute Gasteiger partial charge is 0.137 e. The minimum Gasteiger partial charge on any atom is -0.492 e. The minimum absolute atomic E-state index is 0.713. The molecule has 2 fully saturated rings. The summed E-state index contributed by atoms with van der Waals surface area (Å²) in [6.07, 6.45) is 22.1. The van der Waals surface area contributed by atoms with E-state index in [9.17, 15) is 0 Å². The number of hydrogen-bond acceptors (Lipinski definition) is 2. The van der Waals surface area contributed by atoms with E-state index in [0.29, 0.717) is 6.61 Å². The zero-order valence-corrected chi connectivity index (χ0v) is 18.5. The molecule has 0 aliphatic heterocycles. The van der Waals surface area contributed by atoms with Crippen LogP contribution in [0, 0.1) is 23.7 Å². The quantitative estimate of drug-likeness (QED) is 0.413. The van der Waals surface area contributed by atoms with E-state index in [2.05, 4.69) is 24.0 Å². The lowest BCUT2D eigenvalue weighted by Gasteiger charge is -2.32. The van der Waals surface area contributed by atoms with Crippen molar-refractivity contribution >= 4 is 0 Å². The topological polar surface area (TPSA) is 22.1 Å². The molecule has 0 bridgehead atoms. The molecule has 1 aromatic rings. The Bertz CT molecular complexity index is 524. The van der Waals surface area contributed by atoms with E-state index in [1.54, 1.807) is 0 Å². The van der Waals surface area contributed by atoms with Crippen molar-refractivity contribution in [1.82, 2.24) is 4.98 Å². The minimum atomic E-state index is 0.713. The van der Waals surface area contributed by atoms with Crippen molar-refractivity contribution in [2.24, 2.45) is 23.7 Å². The van der Waals surface area contributed by atoms with E-state index in [0.717, 1.165) is 35.8 Å². The standard InChI is InChI=1S/C26H43NO/c1-3-5-21-6-8-22(9-7-21)10-11-23-12-14-24(15-13-23)16-17-25-18-19-26(20-27-25)28-4-2/h18-24H,3-17H2,1-2H3/t21-,22-,23-,24-. The van der Waals surface area contributed by atoms with Crippen LogP contribution in [0.3, 0.4) is 0 Å². The third-order valence-corrected chi connectivity index (χ3v) is 7.53. The Kier molecular flexibility index (Phi) is 9.15. The number of pyridine rings is 1. The van der Waals surface area contributed by atoms with Crippen LogP contribution in [-0.4, -0.2) is 11.6 Å². The monoisotopic (exact) mass is 385 g/mol. The van der Waals surface area contributed by atoms with E-state index in [1.807, 2.05) is 13.1 Å². The number of hydrogen-bond donors (Lipinski definition) is 0. The highest BCUT2D eigenvalue weighted by molar-refractivity contribution is 5.19. The van der Waals surface area contributed by atoms with E-state index in [1.165, 1.54) is 89.2 Å². The van der Waals surface area contributed by atoms with Crippen molar-refractivity contribution in [3.8, 4) is 5.75 Å². The molecule has 0 saturated heterocycles. The van der Waals surface area contributed by atoms with Gasteiger partial charge in [-0.3, -0.25) is 4.98 Å². The molecule has 158 valence electrons. The zero-order valence-electron chi connectivity index (χ0n) is 18.5. The second kappa shape index (κ2) is 11.8. The average molecular weight is 386 g/mol. The second-order valence-corrected chi connectivity index (χ2v) is 9.60. The Morgan fingerprint density at radius 2 is 1.29 bits per heavy atom. The third kappa shape index (κ3) is 7.08. The molecule has 1 heterocycles. The fraction of sp³-hybridized carbons (Fsp3) is 0.808. The Morgan fingerprint density at radius 1 is 0.750 bits per heavy atom.